The Bertz CT molecular complexity index is 877. The zero-order valence-electron chi connectivity index (χ0n) is 14.5. The number of rotatable bonds is 2. The summed E-state index contributed by atoms with van der Waals surface area (Å²) >= 11 is 0. The van der Waals surface area contributed by atoms with Crippen molar-refractivity contribution in [3.05, 3.63) is 51.7 Å². The van der Waals surface area contributed by atoms with Crippen LogP contribution >= 0.6 is 0 Å². The van der Waals surface area contributed by atoms with E-state index in [2.05, 4.69) is 5.10 Å². The first-order chi connectivity index (χ1) is 12.2. The number of hydrogen-bond donors (Lipinski definition) is 0. The zero-order valence-corrected chi connectivity index (χ0v) is 14.5. The quantitative estimate of drug-likeness (QED) is 0.818. The standard InChI is InChI=1S/C17H19F3N4O2/c1-11-5-3-4-6-13(11)14(25)23-9-7-12(8-10-23)24-16(26)22(2)15(21-24)17(18,19)20/h3-6,12H,7-10H2,1-2H3. The Hall–Kier alpha value is -2.58. The van der Waals surface area contributed by atoms with Crippen LogP contribution in [0, 0.1) is 6.92 Å². The summed E-state index contributed by atoms with van der Waals surface area (Å²) in [5.74, 6) is -1.31. The number of carbonyl (C=O) groups excluding carboxylic acids is 1. The van der Waals surface area contributed by atoms with Crippen LogP contribution in [-0.4, -0.2) is 38.2 Å². The molecule has 0 atom stereocenters. The molecule has 1 aliphatic heterocycles. The molecular formula is C17H19F3N4O2. The molecule has 2 aromatic rings. The molecule has 3 rings (SSSR count). The third kappa shape index (κ3) is 3.25. The van der Waals surface area contributed by atoms with Crippen LogP contribution in [0.2, 0.25) is 0 Å². The van der Waals surface area contributed by atoms with Crippen LogP contribution in [0.25, 0.3) is 0 Å². The third-order valence-corrected chi connectivity index (χ3v) is 4.73. The van der Waals surface area contributed by atoms with E-state index in [1.807, 2.05) is 19.1 Å². The number of aryl methyl sites for hydroxylation is 1. The molecule has 1 aliphatic rings. The van der Waals surface area contributed by atoms with E-state index in [-0.39, 0.29) is 5.91 Å². The fourth-order valence-corrected chi connectivity index (χ4v) is 3.24. The topological polar surface area (TPSA) is 60.1 Å². The van der Waals surface area contributed by atoms with Gasteiger partial charge in [-0.1, -0.05) is 18.2 Å². The van der Waals surface area contributed by atoms with Crippen molar-refractivity contribution in [3.8, 4) is 0 Å². The van der Waals surface area contributed by atoms with Crippen molar-refractivity contribution in [1.82, 2.24) is 19.2 Å². The molecule has 0 radical (unpaired) electrons. The first kappa shape index (κ1) is 18.2. The maximum Gasteiger partial charge on any atom is 0.451 e. The highest BCUT2D eigenvalue weighted by atomic mass is 19.4. The molecule has 0 saturated carbocycles. The summed E-state index contributed by atoms with van der Waals surface area (Å²) in [6.07, 6.45) is -3.92. The van der Waals surface area contributed by atoms with E-state index in [0.29, 0.717) is 36.1 Å². The number of alkyl halides is 3. The second-order valence-electron chi connectivity index (χ2n) is 6.45. The molecule has 0 spiro atoms. The summed E-state index contributed by atoms with van der Waals surface area (Å²) in [5, 5.41) is 3.49. The smallest absolute Gasteiger partial charge is 0.338 e. The van der Waals surface area contributed by atoms with Crippen molar-refractivity contribution < 1.29 is 18.0 Å². The number of carbonyl (C=O) groups is 1. The molecule has 6 nitrogen and oxygen atoms in total. The summed E-state index contributed by atoms with van der Waals surface area (Å²) in [6, 6.07) is 6.79. The Morgan fingerprint density at radius 1 is 1.19 bits per heavy atom. The summed E-state index contributed by atoms with van der Waals surface area (Å²) in [5.41, 5.74) is 0.691. The van der Waals surface area contributed by atoms with Crippen LogP contribution in [0.15, 0.2) is 29.1 Å². The average molecular weight is 368 g/mol. The molecule has 1 amide bonds. The van der Waals surface area contributed by atoms with Crippen molar-refractivity contribution in [3.63, 3.8) is 0 Å². The number of amides is 1. The Kier molecular flexibility index (Phi) is 4.64. The highest BCUT2D eigenvalue weighted by Crippen LogP contribution is 2.28. The van der Waals surface area contributed by atoms with Crippen LogP contribution in [0.1, 0.15) is 40.6 Å². The molecule has 26 heavy (non-hydrogen) atoms. The van der Waals surface area contributed by atoms with E-state index in [9.17, 15) is 22.8 Å². The second kappa shape index (κ2) is 6.62. The molecule has 1 fully saturated rings. The maximum atomic E-state index is 12.9. The molecule has 0 unspecified atom stereocenters. The van der Waals surface area contributed by atoms with Crippen LogP contribution in [0.3, 0.4) is 0 Å². The number of benzene rings is 1. The van der Waals surface area contributed by atoms with Gasteiger partial charge in [0.25, 0.3) is 5.91 Å². The van der Waals surface area contributed by atoms with Gasteiger partial charge in [0.05, 0.1) is 6.04 Å². The van der Waals surface area contributed by atoms with Gasteiger partial charge in [-0.25, -0.2) is 9.48 Å². The second-order valence-corrected chi connectivity index (χ2v) is 6.45. The molecule has 1 saturated heterocycles. The summed E-state index contributed by atoms with van der Waals surface area (Å²) < 4.78 is 40.2. The van der Waals surface area contributed by atoms with Gasteiger partial charge in [-0.3, -0.25) is 9.36 Å². The molecule has 1 aromatic carbocycles. The van der Waals surface area contributed by atoms with Crippen molar-refractivity contribution in [2.45, 2.75) is 32.0 Å². The predicted octanol–water partition coefficient (Wildman–Crippen LogP) is 2.39. The van der Waals surface area contributed by atoms with Gasteiger partial charge in [-0.2, -0.15) is 13.2 Å². The fourth-order valence-electron chi connectivity index (χ4n) is 3.24. The van der Waals surface area contributed by atoms with Gasteiger partial charge >= 0.3 is 11.9 Å². The van der Waals surface area contributed by atoms with E-state index in [4.69, 9.17) is 0 Å². The monoisotopic (exact) mass is 368 g/mol. The van der Waals surface area contributed by atoms with Gasteiger partial charge in [0.1, 0.15) is 0 Å². The van der Waals surface area contributed by atoms with E-state index < -0.39 is 23.7 Å². The minimum Gasteiger partial charge on any atom is -0.338 e. The van der Waals surface area contributed by atoms with Gasteiger partial charge in [0.15, 0.2) is 0 Å². The van der Waals surface area contributed by atoms with Gasteiger partial charge in [0, 0.05) is 25.7 Å². The molecule has 1 aromatic heterocycles. The molecule has 0 N–H and O–H groups in total. The van der Waals surface area contributed by atoms with E-state index in [0.717, 1.165) is 17.3 Å². The van der Waals surface area contributed by atoms with Crippen molar-refractivity contribution in [2.75, 3.05) is 13.1 Å². The number of halogens is 3. The number of hydrogen-bond acceptors (Lipinski definition) is 3. The first-order valence-corrected chi connectivity index (χ1v) is 8.27. The Morgan fingerprint density at radius 2 is 1.81 bits per heavy atom. The molecule has 0 aliphatic carbocycles. The lowest BCUT2D eigenvalue weighted by molar-refractivity contribution is -0.147. The van der Waals surface area contributed by atoms with Crippen LogP contribution in [-0.2, 0) is 13.2 Å². The van der Waals surface area contributed by atoms with E-state index in [1.165, 1.54) is 0 Å². The van der Waals surface area contributed by atoms with Crippen molar-refractivity contribution >= 4 is 5.91 Å². The van der Waals surface area contributed by atoms with Gasteiger partial charge in [-0.15, -0.1) is 5.10 Å². The molecule has 9 heteroatoms. The Morgan fingerprint density at radius 3 is 2.35 bits per heavy atom. The number of aromatic nitrogens is 3. The summed E-state index contributed by atoms with van der Waals surface area (Å²) in [6.45, 7) is 2.58. The van der Waals surface area contributed by atoms with Crippen molar-refractivity contribution in [2.24, 2.45) is 7.05 Å². The lowest BCUT2D eigenvalue weighted by Gasteiger charge is -2.32. The Labute approximate surface area is 147 Å². The highest BCUT2D eigenvalue weighted by molar-refractivity contribution is 5.95. The zero-order chi connectivity index (χ0) is 19.1. The first-order valence-electron chi connectivity index (χ1n) is 8.27. The number of likely N-dealkylation sites (tertiary alicyclic amines) is 1. The lowest BCUT2D eigenvalue weighted by atomic mass is 10.0. The Balaban J connectivity index is 1.75. The van der Waals surface area contributed by atoms with Gasteiger partial charge < -0.3 is 4.90 Å². The molecule has 0 bridgehead atoms. The van der Waals surface area contributed by atoms with Gasteiger partial charge in [-0.05, 0) is 31.4 Å². The summed E-state index contributed by atoms with van der Waals surface area (Å²) in [7, 11) is 1.06. The largest absolute Gasteiger partial charge is 0.451 e. The number of piperidine rings is 1. The van der Waals surface area contributed by atoms with E-state index in [1.54, 1.807) is 17.0 Å². The third-order valence-electron chi connectivity index (χ3n) is 4.73. The van der Waals surface area contributed by atoms with Crippen LogP contribution in [0.5, 0.6) is 0 Å². The SMILES string of the molecule is Cc1ccccc1C(=O)N1CCC(n2nc(C(F)(F)F)n(C)c2=O)CC1. The van der Waals surface area contributed by atoms with Crippen molar-refractivity contribution in [1.29, 1.82) is 0 Å². The normalized spacial score (nSPS) is 16.1. The van der Waals surface area contributed by atoms with Gasteiger partial charge in [0.2, 0.25) is 5.82 Å². The molecule has 140 valence electrons. The number of nitrogens with zero attached hydrogens (tertiary/aromatic N) is 4. The van der Waals surface area contributed by atoms with Crippen LogP contribution < -0.4 is 5.69 Å². The fraction of sp³-hybridized carbons (Fsp3) is 0.471. The van der Waals surface area contributed by atoms with Crippen LogP contribution in [0.4, 0.5) is 13.2 Å². The summed E-state index contributed by atoms with van der Waals surface area (Å²) in [4.78, 5) is 26.4. The minimum atomic E-state index is -4.68. The van der Waals surface area contributed by atoms with E-state index >= 15 is 0 Å². The minimum absolute atomic E-state index is 0.106. The lowest BCUT2D eigenvalue weighted by Crippen LogP contribution is -2.41. The maximum absolute atomic E-state index is 12.9. The molecular weight excluding hydrogens is 349 g/mol. The predicted molar refractivity (Wildman–Crippen MR) is 87.8 cm³/mol. The highest BCUT2D eigenvalue weighted by Gasteiger charge is 2.39. The average Bonchev–Trinajstić information content (AvgIpc) is 2.90. The molecule has 2 heterocycles.